The van der Waals surface area contributed by atoms with Crippen molar-refractivity contribution >= 4 is 0 Å². The van der Waals surface area contributed by atoms with E-state index < -0.39 is 0 Å². The van der Waals surface area contributed by atoms with Crippen molar-refractivity contribution in [3.63, 3.8) is 0 Å². The van der Waals surface area contributed by atoms with Crippen LogP contribution in [0.2, 0.25) is 0 Å². The van der Waals surface area contributed by atoms with Crippen molar-refractivity contribution in [3.05, 3.63) is 90.5 Å². The Balaban J connectivity index is 1.54. The number of pyridine rings is 1. The number of piperidine rings is 1. The predicted molar refractivity (Wildman–Crippen MR) is 121 cm³/mol. The molecule has 0 unspecified atom stereocenters. The molecule has 5 heteroatoms. The first-order valence-electron chi connectivity index (χ1n) is 10.9. The minimum absolute atomic E-state index is 0.238. The molecule has 156 valence electrons. The van der Waals surface area contributed by atoms with Gasteiger partial charge in [-0.15, -0.1) is 0 Å². The third kappa shape index (κ3) is 4.14. The summed E-state index contributed by atoms with van der Waals surface area (Å²) in [4.78, 5) is 7.08. The maximum absolute atomic E-state index is 14.8. The fourth-order valence-electron chi connectivity index (χ4n) is 4.28. The van der Waals surface area contributed by atoms with E-state index in [0.29, 0.717) is 5.56 Å². The highest BCUT2D eigenvalue weighted by molar-refractivity contribution is 5.67. The van der Waals surface area contributed by atoms with Gasteiger partial charge in [0.25, 0.3) is 0 Å². The second-order valence-electron chi connectivity index (χ2n) is 8.01. The van der Waals surface area contributed by atoms with E-state index in [4.69, 9.17) is 0 Å². The van der Waals surface area contributed by atoms with E-state index in [9.17, 15) is 4.39 Å². The van der Waals surface area contributed by atoms with Crippen molar-refractivity contribution in [1.82, 2.24) is 19.7 Å². The maximum Gasteiger partial charge on any atom is 0.132 e. The van der Waals surface area contributed by atoms with E-state index in [1.807, 2.05) is 71.7 Å². The Kier molecular flexibility index (Phi) is 5.59. The number of aromatic nitrogens is 3. The van der Waals surface area contributed by atoms with E-state index in [0.717, 1.165) is 47.8 Å². The molecule has 1 saturated heterocycles. The molecule has 1 aliphatic heterocycles. The van der Waals surface area contributed by atoms with E-state index in [1.165, 1.54) is 25.3 Å². The van der Waals surface area contributed by atoms with Crippen LogP contribution in [0.1, 0.15) is 24.8 Å². The van der Waals surface area contributed by atoms with Crippen molar-refractivity contribution < 1.29 is 4.39 Å². The van der Waals surface area contributed by atoms with Crippen LogP contribution >= 0.6 is 0 Å². The van der Waals surface area contributed by atoms with Gasteiger partial charge < -0.3 is 0 Å². The molecule has 4 aromatic rings. The lowest BCUT2D eigenvalue weighted by Crippen LogP contribution is -2.29. The SMILES string of the molecule is Fc1ccccc1-c1c(CN2CCCCC2)cnn1-c1ccc(-c2ccccc2)nc1. The van der Waals surface area contributed by atoms with Gasteiger partial charge in [-0.25, -0.2) is 9.07 Å². The van der Waals surface area contributed by atoms with Crippen LogP contribution in [-0.2, 0) is 6.54 Å². The largest absolute Gasteiger partial charge is 0.299 e. The van der Waals surface area contributed by atoms with Crippen LogP contribution in [0.15, 0.2) is 79.1 Å². The van der Waals surface area contributed by atoms with Crippen LogP contribution in [0.4, 0.5) is 4.39 Å². The van der Waals surface area contributed by atoms with Gasteiger partial charge in [0.2, 0.25) is 0 Å². The highest BCUT2D eigenvalue weighted by Crippen LogP contribution is 2.30. The summed E-state index contributed by atoms with van der Waals surface area (Å²) in [5.74, 6) is -0.238. The van der Waals surface area contributed by atoms with Crippen molar-refractivity contribution in [2.24, 2.45) is 0 Å². The summed E-state index contributed by atoms with van der Waals surface area (Å²) in [5.41, 5.74) is 5.20. The molecule has 2 aromatic heterocycles. The van der Waals surface area contributed by atoms with E-state index in [2.05, 4.69) is 15.0 Å². The van der Waals surface area contributed by atoms with Gasteiger partial charge in [-0.05, 0) is 50.2 Å². The average Bonchev–Trinajstić information content (AvgIpc) is 3.24. The van der Waals surface area contributed by atoms with Gasteiger partial charge in [0.15, 0.2) is 0 Å². The van der Waals surface area contributed by atoms with Crippen molar-refractivity contribution in [3.8, 4) is 28.2 Å². The highest BCUT2D eigenvalue weighted by Gasteiger charge is 2.20. The topological polar surface area (TPSA) is 34.0 Å². The molecule has 3 heterocycles. The number of halogens is 1. The van der Waals surface area contributed by atoms with Crippen LogP contribution in [0, 0.1) is 5.82 Å². The Morgan fingerprint density at radius 1 is 0.806 bits per heavy atom. The van der Waals surface area contributed by atoms with Gasteiger partial charge in [-0.3, -0.25) is 9.88 Å². The van der Waals surface area contributed by atoms with Crippen LogP contribution in [0.3, 0.4) is 0 Å². The summed E-state index contributed by atoms with van der Waals surface area (Å²) in [5, 5.41) is 4.66. The zero-order valence-corrected chi connectivity index (χ0v) is 17.4. The molecule has 5 rings (SSSR count). The molecule has 0 saturated carbocycles. The van der Waals surface area contributed by atoms with Crippen molar-refractivity contribution in [2.75, 3.05) is 13.1 Å². The van der Waals surface area contributed by atoms with Crippen molar-refractivity contribution in [1.29, 1.82) is 0 Å². The van der Waals surface area contributed by atoms with Crippen LogP contribution < -0.4 is 0 Å². The number of benzene rings is 2. The van der Waals surface area contributed by atoms with Gasteiger partial charge in [0.1, 0.15) is 5.82 Å². The predicted octanol–water partition coefficient (Wildman–Crippen LogP) is 5.73. The van der Waals surface area contributed by atoms with Gasteiger partial charge in [-0.1, -0.05) is 48.9 Å². The molecule has 4 nitrogen and oxygen atoms in total. The lowest BCUT2D eigenvalue weighted by Gasteiger charge is -2.26. The first-order chi connectivity index (χ1) is 15.3. The van der Waals surface area contributed by atoms with Gasteiger partial charge in [0, 0.05) is 23.2 Å². The molecular weight excluding hydrogens is 387 g/mol. The molecule has 0 N–H and O–H groups in total. The number of hydrogen-bond acceptors (Lipinski definition) is 3. The van der Waals surface area contributed by atoms with E-state index in [1.54, 1.807) is 6.07 Å². The Bertz CT molecular complexity index is 1150. The summed E-state index contributed by atoms with van der Waals surface area (Å²) in [6.45, 7) is 2.93. The Morgan fingerprint density at radius 2 is 1.58 bits per heavy atom. The molecule has 0 amide bonds. The average molecular weight is 413 g/mol. The molecule has 0 spiro atoms. The molecule has 1 fully saturated rings. The van der Waals surface area contributed by atoms with Crippen LogP contribution in [0.25, 0.3) is 28.2 Å². The van der Waals surface area contributed by atoms with E-state index >= 15 is 0 Å². The molecule has 0 bridgehead atoms. The zero-order valence-electron chi connectivity index (χ0n) is 17.4. The smallest absolute Gasteiger partial charge is 0.132 e. The maximum atomic E-state index is 14.8. The lowest BCUT2D eigenvalue weighted by molar-refractivity contribution is 0.221. The fourth-order valence-corrected chi connectivity index (χ4v) is 4.28. The standard InChI is InChI=1S/C26H25FN4/c27-24-12-6-5-11-23(24)26-21(19-30-15-7-2-8-16-30)17-29-31(26)22-13-14-25(28-18-22)20-9-3-1-4-10-20/h1,3-6,9-14,17-18H,2,7-8,15-16,19H2. The molecule has 0 atom stereocenters. The number of hydrogen-bond donors (Lipinski definition) is 0. The highest BCUT2D eigenvalue weighted by atomic mass is 19.1. The lowest BCUT2D eigenvalue weighted by atomic mass is 10.0. The van der Waals surface area contributed by atoms with Gasteiger partial charge in [-0.2, -0.15) is 5.10 Å². The fraction of sp³-hybridized carbons (Fsp3) is 0.231. The zero-order chi connectivity index (χ0) is 21.0. The van der Waals surface area contributed by atoms with Crippen LogP contribution in [-0.4, -0.2) is 32.8 Å². The number of nitrogens with zero attached hydrogens (tertiary/aromatic N) is 4. The van der Waals surface area contributed by atoms with E-state index in [-0.39, 0.29) is 5.82 Å². The Morgan fingerprint density at radius 3 is 2.32 bits per heavy atom. The summed E-state index contributed by atoms with van der Waals surface area (Å²) in [7, 11) is 0. The minimum Gasteiger partial charge on any atom is -0.299 e. The molecule has 1 aliphatic rings. The van der Waals surface area contributed by atoms with Gasteiger partial charge in [0.05, 0.1) is 29.5 Å². The Labute approximate surface area is 182 Å². The molecule has 2 aromatic carbocycles. The monoisotopic (exact) mass is 412 g/mol. The molecule has 0 radical (unpaired) electrons. The summed E-state index contributed by atoms with van der Waals surface area (Å²) < 4.78 is 16.6. The first-order valence-corrected chi connectivity index (χ1v) is 10.9. The molecular formula is C26H25FN4. The normalized spacial score (nSPS) is 14.6. The Hall–Kier alpha value is -3.31. The number of likely N-dealkylation sites (tertiary alicyclic amines) is 1. The molecule has 31 heavy (non-hydrogen) atoms. The second kappa shape index (κ2) is 8.82. The third-order valence-corrected chi connectivity index (χ3v) is 5.88. The molecule has 0 aliphatic carbocycles. The quantitative estimate of drug-likeness (QED) is 0.420. The number of rotatable bonds is 5. The second-order valence-corrected chi connectivity index (χ2v) is 8.01. The first kappa shape index (κ1) is 19.6. The van der Waals surface area contributed by atoms with Crippen LogP contribution in [0.5, 0.6) is 0 Å². The minimum atomic E-state index is -0.238. The van der Waals surface area contributed by atoms with Gasteiger partial charge >= 0.3 is 0 Å². The summed E-state index contributed by atoms with van der Waals surface area (Å²) in [6, 6.07) is 21.0. The van der Waals surface area contributed by atoms with Crippen molar-refractivity contribution in [2.45, 2.75) is 25.8 Å². The summed E-state index contributed by atoms with van der Waals surface area (Å²) >= 11 is 0. The third-order valence-electron chi connectivity index (χ3n) is 5.88. The summed E-state index contributed by atoms with van der Waals surface area (Å²) in [6.07, 6.45) is 7.41.